The highest BCUT2D eigenvalue weighted by molar-refractivity contribution is 7.87. The Morgan fingerprint density at radius 2 is 2.31 bits per heavy atom. The Kier molecular flexibility index (Phi) is 2.47. The normalized spacial score (nSPS) is 28.6. The third-order valence-electron chi connectivity index (χ3n) is 1.89. The van der Waals surface area contributed by atoms with Gasteiger partial charge in [-0.15, -0.1) is 0 Å². The number of nitrogens with two attached hydrogens (primary N) is 1. The van der Waals surface area contributed by atoms with Crippen molar-refractivity contribution >= 4 is 10.1 Å². The molecule has 3 N–H and O–H groups in total. The molecule has 0 aromatic carbocycles. The summed E-state index contributed by atoms with van der Waals surface area (Å²) in [4.78, 5) is -1.72. The third-order valence-corrected chi connectivity index (χ3v) is 3.21. The van der Waals surface area contributed by atoms with Crippen molar-refractivity contribution in [3.05, 3.63) is 23.9 Å². The first-order chi connectivity index (χ1) is 5.91. The molecular weight excluding hydrogens is 194 g/mol. The fourth-order valence-corrected chi connectivity index (χ4v) is 1.95. The summed E-state index contributed by atoms with van der Waals surface area (Å²) in [6, 6.07) is 0. The largest absolute Gasteiger partial charge is 0.402 e. The van der Waals surface area contributed by atoms with E-state index in [1.807, 2.05) is 0 Å². The van der Waals surface area contributed by atoms with Gasteiger partial charge < -0.3 is 10.5 Å². The van der Waals surface area contributed by atoms with Crippen LogP contribution in [0.15, 0.2) is 23.9 Å². The topological polar surface area (TPSA) is 89.6 Å². The van der Waals surface area contributed by atoms with Gasteiger partial charge in [0, 0.05) is 19.2 Å². The zero-order valence-corrected chi connectivity index (χ0v) is 7.91. The maximum Gasteiger partial charge on any atom is 0.299 e. The lowest BCUT2D eigenvalue weighted by Crippen LogP contribution is -2.40. The summed E-state index contributed by atoms with van der Waals surface area (Å²) >= 11 is 0. The highest BCUT2D eigenvalue weighted by Gasteiger charge is 2.42. The zero-order chi connectivity index (χ0) is 10.1. The molecule has 1 atom stereocenters. The summed E-state index contributed by atoms with van der Waals surface area (Å²) in [5.41, 5.74) is 5.79. The van der Waals surface area contributed by atoms with Gasteiger partial charge >= 0.3 is 0 Å². The molecule has 13 heavy (non-hydrogen) atoms. The molecule has 6 heteroatoms. The SMILES string of the molecule is COC1(S(=O)(=O)O)C=CC=C(N)C1. The molecule has 0 amide bonds. The van der Waals surface area contributed by atoms with Gasteiger partial charge in [0.15, 0.2) is 0 Å². The lowest BCUT2D eigenvalue weighted by atomic mass is 10.1. The van der Waals surface area contributed by atoms with Crippen molar-refractivity contribution in [2.75, 3.05) is 7.11 Å². The fraction of sp³-hybridized carbons (Fsp3) is 0.429. The number of rotatable bonds is 2. The maximum atomic E-state index is 11.0. The van der Waals surface area contributed by atoms with Crippen molar-refractivity contribution in [1.29, 1.82) is 0 Å². The molecule has 0 aliphatic heterocycles. The summed E-state index contributed by atoms with van der Waals surface area (Å²) in [6.07, 6.45) is 4.20. The van der Waals surface area contributed by atoms with Crippen LogP contribution in [0, 0.1) is 0 Å². The Hall–Kier alpha value is -0.850. The minimum absolute atomic E-state index is 0.0567. The second-order valence-corrected chi connectivity index (χ2v) is 4.41. The molecule has 0 heterocycles. The predicted molar refractivity (Wildman–Crippen MR) is 47.3 cm³/mol. The van der Waals surface area contributed by atoms with Crippen LogP contribution in [0.2, 0.25) is 0 Å². The number of ether oxygens (including phenoxy) is 1. The number of hydrogen-bond acceptors (Lipinski definition) is 4. The molecule has 0 bridgehead atoms. The molecule has 1 aliphatic carbocycles. The molecule has 0 aromatic heterocycles. The molecule has 1 aliphatic rings. The van der Waals surface area contributed by atoms with E-state index >= 15 is 0 Å². The molecule has 1 rings (SSSR count). The van der Waals surface area contributed by atoms with Gasteiger partial charge in [0.25, 0.3) is 10.1 Å². The summed E-state index contributed by atoms with van der Waals surface area (Å²) in [6.45, 7) is 0. The smallest absolute Gasteiger partial charge is 0.299 e. The van der Waals surface area contributed by atoms with Crippen molar-refractivity contribution in [2.45, 2.75) is 11.4 Å². The van der Waals surface area contributed by atoms with E-state index in [-0.39, 0.29) is 6.42 Å². The van der Waals surface area contributed by atoms with Crippen LogP contribution >= 0.6 is 0 Å². The first kappa shape index (κ1) is 10.2. The number of hydrogen-bond donors (Lipinski definition) is 2. The molecule has 74 valence electrons. The standard InChI is InChI=1S/C7H11NO4S/c1-12-7(13(9,10)11)4-2-3-6(8)5-7/h2-4H,5,8H2,1H3,(H,9,10,11). The van der Waals surface area contributed by atoms with E-state index in [0.29, 0.717) is 5.70 Å². The molecule has 0 saturated carbocycles. The quantitative estimate of drug-likeness (QED) is 0.620. The summed E-state index contributed by atoms with van der Waals surface area (Å²) in [7, 11) is -3.10. The molecule has 0 radical (unpaired) electrons. The predicted octanol–water partition coefficient (Wildman–Crippen LogP) is 0.0194. The van der Waals surface area contributed by atoms with Gasteiger partial charge in [0.05, 0.1) is 0 Å². The van der Waals surface area contributed by atoms with Crippen molar-refractivity contribution < 1.29 is 17.7 Å². The van der Waals surface area contributed by atoms with E-state index in [1.54, 1.807) is 6.08 Å². The van der Waals surface area contributed by atoms with Crippen LogP contribution in [0.25, 0.3) is 0 Å². The first-order valence-electron chi connectivity index (χ1n) is 3.57. The van der Waals surface area contributed by atoms with E-state index in [4.69, 9.17) is 15.0 Å². The Morgan fingerprint density at radius 1 is 1.69 bits per heavy atom. The Labute approximate surface area is 76.6 Å². The van der Waals surface area contributed by atoms with Gasteiger partial charge in [-0.1, -0.05) is 6.08 Å². The molecule has 0 saturated heterocycles. The van der Waals surface area contributed by atoms with E-state index in [1.165, 1.54) is 19.3 Å². The van der Waals surface area contributed by atoms with Crippen molar-refractivity contribution in [3.8, 4) is 0 Å². The average Bonchev–Trinajstić information content (AvgIpc) is 2.02. The molecule has 0 fully saturated rings. The molecule has 0 aromatic rings. The van der Waals surface area contributed by atoms with Crippen LogP contribution in [-0.2, 0) is 14.9 Å². The van der Waals surface area contributed by atoms with Gasteiger partial charge in [-0.3, -0.25) is 4.55 Å². The van der Waals surface area contributed by atoms with Crippen LogP contribution in [-0.4, -0.2) is 25.0 Å². The lowest BCUT2D eigenvalue weighted by molar-refractivity contribution is 0.0917. The van der Waals surface area contributed by atoms with Gasteiger partial charge in [-0.2, -0.15) is 8.42 Å². The minimum Gasteiger partial charge on any atom is -0.402 e. The Bertz CT molecular complexity index is 357. The van der Waals surface area contributed by atoms with Gasteiger partial charge in [-0.05, 0) is 12.2 Å². The Morgan fingerprint density at radius 3 is 2.62 bits per heavy atom. The summed E-state index contributed by atoms with van der Waals surface area (Å²) in [5, 5.41) is 0. The van der Waals surface area contributed by atoms with Crippen molar-refractivity contribution in [3.63, 3.8) is 0 Å². The van der Waals surface area contributed by atoms with E-state index in [0.717, 1.165) is 0 Å². The first-order valence-corrected chi connectivity index (χ1v) is 5.01. The number of allylic oxidation sites excluding steroid dienone is 2. The third kappa shape index (κ3) is 1.74. The van der Waals surface area contributed by atoms with Crippen LogP contribution in [0.3, 0.4) is 0 Å². The van der Waals surface area contributed by atoms with Crippen LogP contribution in [0.5, 0.6) is 0 Å². The molecule has 5 nitrogen and oxygen atoms in total. The van der Waals surface area contributed by atoms with Crippen LogP contribution in [0.1, 0.15) is 6.42 Å². The van der Waals surface area contributed by atoms with Gasteiger partial charge in [0.1, 0.15) is 0 Å². The van der Waals surface area contributed by atoms with E-state index in [9.17, 15) is 8.42 Å². The maximum absolute atomic E-state index is 11.0. The average molecular weight is 205 g/mol. The van der Waals surface area contributed by atoms with Crippen molar-refractivity contribution in [1.82, 2.24) is 0 Å². The Balaban J connectivity index is 3.13. The monoisotopic (exact) mass is 205 g/mol. The molecule has 0 spiro atoms. The zero-order valence-electron chi connectivity index (χ0n) is 7.10. The van der Waals surface area contributed by atoms with Crippen LogP contribution < -0.4 is 5.73 Å². The lowest BCUT2D eigenvalue weighted by Gasteiger charge is -2.27. The molecular formula is C7H11NO4S. The molecule has 1 unspecified atom stereocenters. The van der Waals surface area contributed by atoms with Gasteiger partial charge in [0.2, 0.25) is 4.93 Å². The van der Waals surface area contributed by atoms with Crippen LogP contribution in [0.4, 0.5) is 0 Å². The highest BCUT2D eigenvalue weighted by atomic mass is 32.2. The van der Waals surface area contributed by atoms with E-state index in [2.05, 4.69) is 0 Å². The summed E-state index contributed by atoms with van der Waals surface area (Å²) < 4.78 is 35.7. The second-order valence-electron chi connectivity index (χ2n) is 2.77. The summed E-state index contributed by atoms with van der Waals surface area (Å²) in [5.74, 6) is 0. The highest BCUT2D eigenvalue weighted by Crippen LogP contribution is 2.28. The fourth-order valence-electron chi connectivity index (χ4n) is 1.14. The van der Waals surface area contributed by atoms with E-state index < -0.39 is 15.1 Å². The number of methoxy groups -OCH3 is 1. The minimum atomic E-state index is -4.30. The second kappa shape index (κ2) is 3.13. The van der Waals surface area contributed by atoms with Crippen molar-refractivity contribution in [2.24, 2.45) is 5.73 Å². The van der Waals surface area contributed by atoms with Gasteiger partial charge in [-0.25, -0.2) is 0 Å².